The first-order valence-corrected chi connectivity index (χ1v) is 10.5. The van der Waals surface area contributed by atoms with Crippen molar-refractivity contribution in [2.45, 2.75) is 18.0 Å². The van der Waals surface area contributed by atoms with Crippen molar-refractivity contribution in [2.75, 3.05) is 6.26 Å². The fraction of sp³-hybridized carbons (Fsp3) is 0.235. The van der Waals surface area contributed by atoms with Crippen molar-refractivity contribution in [2.24, 2.45) is 5.16 Å². The minimum Gasteiger partial charge on any atom is -0.268 e. The highest BCUT2D eigenvalue weighted by Crippen LogP contribution is 2.48. The molecule has 1 heterocycles. The minimum absolute atomic E-state index is 0.284. The van der Waals surface area contributed by atoms with Gasteiger partial charge in [0.1, 0.15) is 0 Å². The molecule has 0 amide bonds. The van der Waals surface area contributed by atoms with E-state index in [9.17, 15) is 39.2 Å². The molecule has 3 rings (SSSR count). The molecule has 0 aliphatic rings. The monoisotopic (exact) mass is 473 g/mol. The van der Waals surface area contributed by atoms with Crippen molar-refractivity contribution in [3.05, 3.63) is 48.0 Å². The number of oxime groups is 1. The third-order valence-electron chi connectivity index (χ3n) is 3.96. The van der Waals surface area contributed by atoms with Crippen molar-refractivity contribution in [1.29, 1.82) is 0 Å². The average molecular weight is 473 g/mol. The molecule has 0 aliphatic heterocycles. The zero-order valence-corrected chi connectivity index (χ0v) is 16.3. The van der Waals surface area contributed by atoms with Crippen LogP contribution >= 0.6 is 11.3 Å². The van der Waals surface area contributed by atoms with Crippen molar-refractivity contribution in [3.8, 4) is 0 Å². The summed E-state index contributed by atoms with van der Waals surface area (Å²) in [7, 11) is -4.58. The first-order valence-electron chi connectivity index (χ1n) is 7.86. The first-order chi connectivity index (χ1) is 13.6. The van der Waals surface area contributed by atoms with Gasteiger partial charge in [0.15, 0.2) is 5.71 Å². The van der Waals surface area contributed by atoms with E-state index in [1.54, 1.807) is 24.3 Å². The van der Waals surface area contributed by atoms with Gasteiger partial charge in [-0.05, 0) is 18.2 Å². The van der Waals surface area contributed by atoms with Crippen LogP contribution in [0.25, 0.3) is 20.2 Å². The summed E-state index contributed by atoms with van der Waals surface area (Å²) in [6.07, 6.45) is -6.27. The van der Waals surface area contributed by atoms with Gasteiger partial charge in [0.25, 0.3) is 0 Å². The summed E-state index contributed by atoms with van der Waals surface area (Å²) < 4.78 is 121. The predicted octanol–water partition coefficient (Wildman–Crippen LogP) is 5.57. The molecule has 0 bridgehead atoms. The van der Waals surface area contributed by atoms with Crippen molar-refractivity contribution < 1.29 is 43.4 Å². The lowest BCUT2D eigenvalue weighted by atomic mass is 9.97. The molecule has 4 nitrogen and oxygen atoms in total. The van der Waals surface area contributed by atoms with E-state index in [0.29, 0.717) is 21.0 Å². The molecular weight excluding hydrogens is 463 g/mol. The van der Waals surface area contributed by atoms with Crippen molar-refractivity contribution in [1.82, 2.24) is 0 Å². The summed E-state index contributed by atoms with van der Waals surface area (Å²) in [5, 5.41) is 3.31. The number of benzene rings is 2. The van der Waals surface area contributed by atoms with Crippen LogP contribution in [0.3, 0.4) is 0 Å². The molecule has 0 spiro atoms. The highest BCUT2D eigenvalue weighted by atomic mass is 32.2. The summed E-state index contributed by atoms with van der Waals surface area (Å²) in [5.41, 5.74) is -3.03. The lowest BCUT2D eigenvalue weighted by molar-refractivity contribution is -0.336. The van der Waals surface area contributed by atoms with Gasteiger partial charge < -0.3 is 0 Å². The second-order valence-electron chi connectivity index (χ2n) is 6.17. The molecule has 0 N–H and O–H groups in total. The Hall–Kier alpha value is -2.41. The Balaban J connectivity index is 2.26. The molecule has 0 fully saturated rings. The zero-order chi connectivity index (χ0) is 22.5. The summed E-state index contributed by atoms with van der Waals surface area (Å²) >= 11 is 1.23. The van der Waals surface area contributed by atoms with E-state index in [4.69, 9.17) is 0 Å². The molecule has 0 unspecified atom stereocenters. The molecule has 1 aromatic heterocycles. The van der Waals surface area contributed by atoms with Crippen LogP contribution < -0.4 is 0 Å². The molecule has 0 aliphatic carbocycles. The maximum Gasteiger partial charge on any atom is 0.460 e. The van der Waals surface area contributed by atoms with Gasteiger partial charge in [-0.1, -0.05) is 29.4 Å². The molecule has 0 atom stereocenters. The average Bonchev–Trinajstić information content (AvgIpc) is 2.97. The van der Waals surface area contributed by atoms with Crippen molar-refractivity contribution >= 4 is 47.3 Å². The standard InChI is InChI=1S/C17H10F7NO3S2/c1-30(26,27)28-25-14(15(18,19)16(20,21)17(22,23)24)9-6-7-13-11(8-9)10-4-2-3-5-12(10)29-13/h2-8H,1H3. The normalized spacial score (nSPS) is 14.5. The second kappa shape index (κ2) is 7.08. The van der Waals surface area contributed by atoms with Crippen LogP contribution in [0.15, 0.2) is 47.6 Å². The van der Waals surface area contributed by atoms with Crippen LogP contribution in [0.1, 0.15) is 5.56 Å². The van der Waals surface area contributed by atoms with Crippen LogP contribution in [0, 0.1) is 0 Å². The Morgan fingerprint density at radius 1 is 0.933 bits per heavy atom. The lowest BCUT2D eigenvalue weighted by Crippen LogP contribution is -2.56. The van der Waals surface area contributed by atoms with Gasteiger partial charge in [-0.2, -0.15) is 39.2 Å². The highest BCUT2D eigenvalue weighted by molar-refractivity contribution is 7.85. The molecule has 0 saturated heterocycles. The zero-order valence-electron chi connectivity index (χ0n) is 14.7. The third-order valence-corrected chi connectivity index (χ3v) is 5.46. The highest BCUT2D eigenvalue weighted by Gasteiger charge is 2.75. The van der Waals surface area contributed by atoms with Gasteiger partial charge in [0, 0.05) is 25.7 Å². The van der Waals surface area contributed by atoms with Crippen LogP contribution in [0.5, 0.6) is 0 Å². The van der Waals surface area contributed by atoms with E-state index in [1.807, 2.05) is 0 Å². The third kappa shape index (κ3) is 3.83. The molecule has 0 saturated carbocycles. The topological polar surface area (TPSA) is 55.7 Å². The molecular formula is C17H10F7NO3S2. The Bertz CT molecular complexity index is 1250. The smallest absolute Gasteiger partial charge is 0.268 e. The number of rotatable bonds is 5. The van der Waals surface area contributed by atoms with Crippen molar-refractivity contribution in [3.63, 3.8) is 0 Å². The minimum atomic E-state index is -6.64. The quantitative estimate of drug-likeness (QED) is 0.277. The number of thiophene rings is 1. The Labute approximate surface area is 168 Å². The fourth-order valence-corrected chi connectivity index (χ4v) is 3.89. The van der Waals surface area contributed by atoms with Crippen LogP contribution in [0.4, 0.5) is 30.7 Å². The summed E-state index contributed by atoms with van der Waals surface area (Å²) in [6, 6.07) is 9.62. The molecule has 13 heteroatoms. The van der Waals surface area contributed by atoms with Gasteiger partial charge >= 0.3 is 28.1 Å². The Morgan fingerprint density at radius 3 is 2.13 bits per heavy atom. The summed E-state index contributed by atoms with van der Waals surface area (Å²) in [6.45, 7) is 0. The molecule has 2 aromatic carbocycles. The van der Waals surface area contributed by atoms with Gasteiger partial charge in [0.05, 0.1) is 6.26 Å². The molecule has 0 radical (unpaired) electrons. The number of fused-ring (bicyclic) bond motifs is 3. The number of alkyl halides is 7. The van der Waals surface area contributed by atoms with Crippen LogP contribution in [-0.4, -0.2) is 38.4 Å². The number of halogens is 7. The predicted molar refractivity (Wildman–Crippen MR) is 97.7 cm³/mol. The molecule has 30 heavy (non-hydrogen) atoms. The maximum absolute atomic E-state index is 14.4. The maximum atomic E-state index is 14.4. The largest absolute Gasteiger partial charge is 0.460 e. The summed E-state index contributed by atoms with van der Waals surface area (Å²) in [5.74, 6) is -12.5. The van der Waals surface area contributed by atoms with Gasteiger partial charge in [-0.15, -0.1) is 11.3 Å². The van der Waals surface area contributed by atoms with Gasteiger partial charge in [-0.3, -0.25) is 4.28 Å². The second-order valence-corrected chi connectivity index (χ2v) is 8.82. The van der Waals surface area contributed by atoms with E-state index < -0.39 is 39.4 Å². The van der Waals surface area contributed by atoms with Gasteiger partial charge in [0.2, 0.25) is 0 Å². The molecule has 162 valence electrons. The van der Waals surface area contributed by atoms with E-state index in [0.717, 1.165) is 12.1 Å². The number of nitrogens with zero attached hydrogens (tertiary/aromatic N) is 1. The Kier molecular flexibility index (Phi) is 5.26. The van der Waals surface area contributed by atoms with E-state index in [1.165, 1.54) is 17.4 Å². The first kappa shape index (κ1) is 22.3. The van der Waals surface area contributed by atoms with Crippen LogP contribution in [-0.2, 0) is 14.4 Å². The van der Waals surface area contributed by atoms with E-state index >= 15 is 0 Å². The molecule has 3 aromatic rings. The number of hydrogen-bond acceptors (Lipinski definition) is 5. The van der Waals surface area contributed by atoms with Gasteiger partial charge in [-0.25, -0.2) is 0 Å². The lowest BCUT2D eigenvalue weighted by Gasteiger charge is -2.28. The van der Waals surface area contributed by atoms with E-state index in [-0.39, 0.29) is 5.39 Å². The SMILES string of the molecule is CS(=O)(=O)ON=C(c1ccc2sc3ccccc3c2c1)C(F)(F)C(F)(F)C(F)(F)F. The van der Waals surface area contributed by atoms with Crippen LogP contribution in [0.2, 0.25) is 0 Å². The van der Waals surface area contributed by atoms with E-state index in [2.05, 4.69) is 9.44 Å². The number of hydrogen-bond donors (Lipinski definition) is 0. The summed E-state index contributed by atoms with van der Waals surface area (Å²) in [4.78, 5) is 0. The Morgan fingerprint density at radius 2 is 1.53 bits per heavy atom. The fourth-order valence-electron chi connectivity index (χ4n) is 2.60.